The summed E-state index contributed by atoms with van der Waals surface area (Å²) in [5.41, 5.74) is 2.41. The van der Waals surface area contributed by atoms with Gasteiger partial charge in [-0.05, 0) is 79.7 Å². The number of rotatable bonds is 8. The molecular weight excluding hydrogens is 498 g/mol. The molecule has 0 aliphatic carbocycles. The van der Waals surface area contributed by atoms with Gasteiger partial charge in [0.2, 0.25) is 0 Å². The molecule has 0 aliphatic heterocycles. The molecule has 1 amide bonds. The van der Waals surface area contributed by atoms with Crippen molar-refractivity contribution in [3.8, 4) is 0 Å². The van der Waals surface area contributed by atoms with Gasteiger partial charge < -0.3 is 5.32 Å². The van der Waals surface area contributed by atoms with E-state index in [0.29, 0.717) is 22.6 Å². The van der Waals surface area contributed by atoms with Crippen LogP contribution in [0.1, 0.15) is 15.9 Å². The molecule has 4 aromatic carbocycles. The minimum atomic E-state index is -3.77. The van der Waals surface area contributed by atoms with Crippen molar-refractivity contribution in [3.05, 3.63) is 114 Å². The van der Waals surface area contributed by atoms with Crippen LogP contribution in [0.2, 0.25) is 0 Å². The first-order valence-electron chi connectivity index (χ1n) is 10.8. The largest absolute Gasteiger partial charge is 0.322 e. The topological polar surface area (TPSA) is 121 Å². The number of nitrogens with one attached hydrogen (secondary N) is 3. The quantitative estimate of drug-likeness (QED) is 0.306. The average Bonchev–Trinajstić information content (AvgIpc) is 2.85. The van der Waals surface area contributed by atoms with E-state index in [0.717, 1.165) is 5.56 Å². The van der Waals surface area contributed by atoms with E-state index in [2.05, 4.69) is 14.8 Å². The number of para-hydroxylation sites is 1. The van der Waals surface area contributed by atoms with Crippen LogP contribution in [0.25, 0.3) is 0 Å². The summed E-state index contributed by atoms with van der Waals surface area (Å²) in [5, 5.41) is 2.69. The predicted molar refractivity (Wildman–Crippen MR) is 140 cm³/mol. The first-order chi connectivity index (χ1) is 17.1. The lowest BCUT2D eigenvalue weighted by Crippen LogP contribution is -2.15. The Morgan fingerprint density at radius 2 is 1.00 bits per heavy atom. The van der Waals surface area contributed by atoms with Crippen LogP contribution in [-0.4, -0.2) is 22.7 Å². The summed E-state index contributed by atoms with van der Waals surface area (Å²) in [6, 6.07) is 26.7. The second kappa shape index (κ2) is 10.2. The summed E-state index contributed by atoms with van der Waals surface area (Å²) in [4.78, 5) is 12.8. The molecule has 0 heterocycles. The molecule has 8 nitrogen and oxygen atoms in total. The number of benzene rings is 4. The van der Waals surface area contributed by atoms with E-state index in [-0.39, 0.29) is 9.79 Å². The van der Waals surface area contributed by atoms with Gasteiger partial charge in [-0.1, -0.05) is 35.9 Å². The molecule has 10 heteroatoms. The predicted octanol–water partition coefficient (Wildman–Crippen LogP) is 4.85. The highest BCUT2D eigenvalue weighted by molar-refractivity contribution is 7.93. The number of carbonyl (C=O) groups excluding carboxylic acids is 1. The van der Waals surface area contributed by atoms with Gasteiger partial charge in [-0.15, -0.1) is 0 Å². The number of anilines is 3. The van der Waals surface area contributed by atoms with Gasteiger partial charge >= 0.3 is 0 Å². The van der Waals surface area contributed by atoms with Crippen molar-refractivity contribution >= 4 is 43.0 Å². The molecule has 0 aromatic heterocycles. The standard InChI is InChI=1S/C26H23N3O5S2/c1-19-7-15-24(16-8-19)35(31,32)29-23-11-9-20(10-12-23)26(30)27-21-13-17-25(18-14-21)36(33,34)28-22-5-3-2-4-6-22/h2-18,28-29H,1H3,(H,27,30). The van der Waals surface area contributed by atoms with Gasteiger partial charge in [-0.25, -0.2) is 16.8 Å². The highest BCUT2D eigenvalue weighted by Crippen LogP contribution is 2.20. The van der Waals surface area contributed by atoms with E-state index < -0.39 is 26.0 Å². The van der Waals surface area contributed by atoms with Crippen LogP contribution in [-0.2, 0) is 20.0 Å². The van der Waals surface area contributed by atoms with Gasteiger partial charge in [0.15, 0.2) is 0 Å². The zero-order chi connectivity index (χ0) is 25.8. The van der Waals surface area contributed by atoms with Crippen LogP contribution in [0.3, 0.4) is 0 Å². The highest BCUT2D eigenvalue weighted by atomic mass is 32.2. The maximum Gasteiger partial charge on any atom is 0.261 e. The zero-order valence-corrected chi connectivity index (χ0v) is 20.8. The SMILES string of the molecule is Cc1ccc(S(=O)(=O)Nc2ccc(C(=O)Nc3ccc(S(=O)(=O)Nc4ccccc4)cc3)cc2)cc1. The van der Waals surface area contributed by atoms with Gasteiger partial charge in [0, 0.05) is 22.6 Å². The fourth-order valence-electron chi connectivity index (χ4n) is 3.26. The molecule has 0 saturated heterocycles. The Labute approximate surface area is 210 Å². The minimum Gasteiger partial charge on any atom is -0.322 e. The zero-order valence-electron chi connectivity index (χ0n) is 19.2. The fraction of sp³-hybridized carbons (Fsp3) is 0.0385. The smallest absolute Gasteiger partial charge is 0.261 e. The van der Waals surface area contributed by atoms with Crippen molar-refractivity contribution < 1.29 is 21.6 Å². The van der Waals surface area contributed by atoms with Crippen LogP contribution in [0.15, 0.2) is 113 Å². The third kappa shape index (κ3) is 6.09. The summed E-state index contributed by atoms with van der Waals surface area (Å²) in [6.45, 7) is 1.87. The molecule has 184 valence electrons. The van der Waals surface area contributed by atoms with Crippen molar-refractivity contribution in [2.45, 2.75) is 16.7 Å². The van der Waals surface area contributed by atoms with E-state index in [1.807, 2.05) is 6.92 Å². The normalized spacial score (nSPS) is 11.5. The number of hydrogen-bond acceptors (Lipinski definition) is 5. The Morgan fingerprint density at radius 1 is 0.556 bits per heavy atom. The number of aryl methyl sites for hydroxylation is 1. The van der Waals surface area contributed by atoms with Gasteiger partial charge in [0.25, 0.3) is 26.0 Å². The maximum absolute atomic E-state index is 12.6. The van der Waals surface area contributed by atoms with E-state index >= 15 is 0 Å². The molecule has 0 spiro atoms. The van der Waals surface area contributed by atoms with Crippen molar-refractivity contribution in [2.75, 3.05) is 14.8 Å². The summed E-state index contributed by atoms with van der Waals surface area (Å²) < 4.78 is 55.1. The number of sulfonamides is 2. The van der Waals surface area contributed by atoms with Crippen LogP contribution in [0.5, 0.6) is 0 Å². The lowest BCUT2D eigenvalue weighted by atomic mass is 10.2. The van der Waals surface area contributed by atoms with Crippen molar-refractivity contribution in [2.24, 2.45) is 0 Å². The third-order valence-corrected chi connectivity index (χ3v) is 7.97. The molecule has 4 rings (SSSR count). The number of hydrogen-bond donors (Lipinski definition) is 3. The van der Waals surface area contributed by atoms with Crippen LogP contribution in [0, 0.1) is 6.92 Å². The van der Waals surface area contributed by atoms with Crippen molar-refractivity contribution in [1.82, 2.24) is 0 Å². The van der Waals surface area contributed by atoms with Crippen LogP contribution >= 0.6 is 0 Å². The second-order valence-electron chi connectivity index (χ2n) is 7.95. The fourth-order valence-corrected chi connectivity index (χ4v) is 5.38. The van der Waals surface area contributed by atoms with Crippen molar-refractivity contribution in [1.29, 1.82) is 0 Å². The first-order valence-corrected chi connectivity index (χ1v) is 13.8. The Morgan fingerprint density at radius 3 is 1.53 bits per heavy atom. The van der Waals surface area contributed by atoms with Gasteiger partial charge in [-0.2, -0.15) is 0 Å². The third-order valence-electron chi connectivity index (χ3n) is 5.18. The van der Waals surface area contributed by atoms with Gasteiger partial charge in [0.1, 0.15) is 0 Å². The Kier molecular flexibility index (Phi) is 7.09. The molecule has 0 unspecified atom stereocenters. The molecule has 0 atom stereocenters. The van der Waals surface area contributed by atoms with Gasteiger partial charge in [0.05, 0.1) is 9.79 Å². The molecule has 0 saturated carbocycles. The highest BCUT2D eigenvalue weighted by Gasteiger charge is 2.16. The first kappa shape index (κ1) is 25.0. The van der Waals surface area contributed by atoms with E-state index in [1.165, 1.54) is 60.7 Å². The Balaban J connectivity index is 1.39. The molecular formula is C26H23N3O5S2. The Bertz CT molecular complexity index is 1570. The molecule has 0 radical (unpaired) electrons. The van der Waals surface area contributed by atoms with Crippen molar-refractivity contribution in [3.63, 3.8) is 0 Å². The second-order valence-corrected chi connectivity index (χ2v) is 11.3. The van der Waals surface area contributed by atoms with E-state index in [9.17, 15) is 21.6 Å². The molecule has 0 fully saturated rings. The molecule has 4 aromatic rings. The molecule has 36 heavy (non-hydrogen) atoms. The molecule has 0 aliphatic rings. The summed E-state index contributed by atoms with van der Waals surface area (Å²) in [7, 11) is -7.52. The average molecular weight is 522 g/mol. The van der Waals surface area contributed by atoms with E-state index in [4.69, 9.17) is 0 Å². The lowest BCUT2D eigenvalue weighted by molar-refractivity contribution is 0.102. The summed E-state index contributed by atoms with van der Waals surface area (Å²) in [5.74, 6) is -0.430. The Hall–Kier alpha value is -4.15. The number of amides is 1. The maximum atomic E-state index is 12.6. The molecule has 3 N–H and O–H groups in total. The van der Waals surface area contributed by atoms with Crippen LogP contribution < -0.4 is 14.8 Å². The van der Waals surface area contributed by atoms with Crippen LogP contribution in [0.4, 0.5) is 17.1 Å². The minimum absolute atomic E-state index is 0.0505. The number of carbonyl (C=O) groups is 1. The monoisotopic (exact) mass is 521 g/mol. The lowest BCUT2D eigenvalue weighted by Gasteiger charge is -2.10. The summed E-state index contributed by atoms with van der Waals surface area (Å²) in [6.07, 6.45) is 0. The summed E-state index contributed by atoms with van der Waals surface area (Å²) >= 11 is 0. The van der Waals surface area contributed by atoms with Gasteiger partial charge in [-0.3, -0.25) is 14.2 Å². The van der Waals surface area contributed by atoms with E-state index in [1.54, 1.807) is 42.5 Å². The molecule has 0 bridgehead atoms.